The molecule has 0 fully saturated rings. The minimum atomic E-state index is 0.719. The van der Waals surface area contributed by atoms with Crippen molar-refractivity contribution in [3.63, 3.8) is 0 Å². The van der Waals surface area contributed by atoms with Gasteiger partial charge in [-0.2, -0.15) is 5.10 Å². The van der Waals surface area contributed by atoms with Crippen LogP contribution in [-0.2, 0) is 6.54 Å². The number of hydrogen-bond acceptors (Lipinski definition) is 2. The standard InChI is InChI=1S/C18H19N3/c1-13-7-9-15(10-8-13)11-21-12-17(19)18(20-21)16-6-4-3-5-14(16)2/h3-10,12H,11,19H2,1-2H3. The number of nitrogens with two attached hydrogens (primary N) is 1. The molecule has 0 aliphatic rings. The maximum atomic E-state index is 6.14. The zero-order valence-corrected chi connectivity index (χ0v) is 12.4. The fraction of sp³-hybridized carbons (Fsp3) is 0.167. The first-order valence-corrected chi connectivity index (χ1v) is 7.08. The predicted octanol–water partition coefficient (Wildman–Crippen LogP) is 3.80. The number of benzene rings is 2. The maximum absolute atomic E-state index is 6.14. The molecule has 0 saturated heterocycles. The van der Waals surface area contributed by atoms with Crippen LogP contribution in [0.5, 0.6) is 0 Å². The van der Waals surface area contributed by atoms with Crippen LogP contribution in [0.25, 0.3) is 11.3 Å². The van der Waals surface area contributed by atoms with Crippen molar-refractivity contribution < 1.29 is 0 Å². The van der Waals surface area contributed by atoms with E-state index in [1.165, 1.54) is 16.7 Å². The topological polar surface area (TPSA) is 43.8 Å². The van der Waals surface area contributed by atoms with Gasteiger partial charge >= 0.3 is 0 Å². The van der Waals surface area contributed by atoms with Crippen LogP contribution >= 0.6 is 0 Å². The highest BCUT2D eigenvalue weighted by atomic mass is 15.3. The molecule has 21 heavy (non-hydrogen) atoms. The van der Waals surface area contributed by atoms with Gasteiger partial charge in [-0.15, -0.1) is 0 Å². The minimum Gasteiger partial charge on any atom is -0.396 e. The molecule has 3 heteroatoms. The van der Waals surface area contributed by atoms with Crippen LogP contribution in [0.1, 0.15) is 16.7 Å². The number of rotatable bonds is 3. The lowest BCUT2D eigenvalue weighted by Gasteiger charge is -2.04. The summed E-state index contributed by atoms with van der Waals surface area (Å²) < 4.78 is 1.90. The first-order valence-electron chi connectivity index (χ1n) is 7.08. The van der Waals surface area contributed by atoms with E-state index in [1.807, 2.05) is 23.0 Å². The zero-order chi connectivity index (χ0) is 14.8. The largest absolute Gasteiger partial charge is 0.396 e. The SMILES string of the molecule is Cc1ccc(Cn2cc(N)c(-c3ccccc3C)n2)cc1. The average molecular weight is 277 g/mol. The Hall–Kier alpha value is -2.55. The Morgan fingerprint density at radius 1 is 1.00 bits per heavy atom. The Balaban J connectivity index is 1.91. The molecule has 1 aromatic heterocycles. The summed E-state index contributed by atoms with van der Waals surface area (Å²) in [5, 5.41) is 4.65. The van der Waals surface area contributed by atoms with Crippen molar-refractivity contribution >= 4 is 5.69 Å². The Bertz CT molecular complexity index is 754. The molecule has 0 radical (unpaired) electrons. The summed E-state index contributed by atoms with van der Waals surface area (Å²) >= 11 is 0. The maximum Gasteiger partial charge on any atom is 0.115 e. The summed E-state index contributed by atoms with van der Waals surface area (Å²) in [7, 11) is 0. The van der Waals surface area contributed by atoms with Crippen molar-refractivity contribution in [2.45, 2.75) is 20.4 Å². The van der Waals surface area contributed by atoms with Crippen molar-refractivity contribution in [3.8, 4) is 11.3 Å². The molecule has 0 aliphatic heterocycles. The van der Waals surface area contributed by atoms with E-state index < -0.39 is 0 Å². The van der Waals surface area contributed by atoms with E-state index >= 15 is 0 Å². The van der Waals surface area contributed by atoms with Crippen LogP contribution in [0.15, 0.2) is 54.7 Å². The minimum absolute atomic E-state index is 0.719. The van der Waals surface area contributed by atoms with Crippen LogP contribution in [-0.4, -0.2) is 9.78 Å². The van der Waals surface area contributed by atoms with Gasteiger partial charge in [0.25, 0.3) is 0 Å². The Morgan fingerprint density at radius 3 is 2.43 bits per heavy atom. The van der Waals surface area contributed by atoms with Crippen molar-refractivity contribution in [3.05, 3.63) is 71.4 Å². The molecule has 1 heterocycles. The third-order valence-electron chi connectivity index (χ3n) is 3.66. The van der Waals surface area contributed by atoms with Gasteiger partial charge in [-0.1, -0.05) is 54.1 Å². The van der Waals surface area contributed by atoms with Crippen LogP contribution in [0.4, 0.5) is 5.69 Å². The van der Waals surface area contributed by atoms with E-state index in [4.69, 9.17) is 5.73 Å². The molecule has 3 aromatic rings. The van der Waals surface area contributed by atoms with Crippen LogP contribution in [0, 0.1) is 13.8 Å². The Kier molecular flexibility index (Phi) is 3.48. The van der Waals surface area contributed by atoms with Gasteiger partial charge < -0.3 is 5.73 Å². The number of aryl methyl sites for hydroxylation is 2. The summed E-state index contributed by atoms with van der Waals surface area (Å²) in [6.07, 6.45) is 1.90. The highest BCUT2D eigenvalue weighted by Gasteiger charge is 2.10. The van der Waals surface area contributed by atoms with Crippen molar-refractivity contribution in [2.24, 2.45) is 0 Å². The third-order valence-corrected chi connectivity index (χ3v) is 3.66. The first-order chi connectivity index (χ1) is 10.1. The molecule has 106 valence electrons. The lowest BCUT2D eigenvalue weighted by atomic mass is 10.1. The van der Waals surface area contributed by atoms with E-state index in [0.29, 0.717) is 0 Å². The smallest absolute Gasteiger partial charge is 0.115 e. The summed E-state index contributed by atoms with van der Waals surface area (Å²) in [4.78, 5) is 0. The Labute approximate surface area is 125 Å². The highest BCUT2D eigenvalue weighted by Crippen LogP contribution is 2.27. The number of aromatic nitrogens is 2. The quantitative estimate of drug-likeness (QED) is 0.791. The van der Waals surface area contributed by atoms with Gasteiger partial charge in [0.15, 0.2) is 0 Å². The van der Waals surface area contributed by atoms with E-state index in [2.05, 4.69) is 55.3 Å². The number of nitrogens with zero attached hydrogens (tertiary/aromatic N) is 2. The lowest BCUT2D eigenvalue weighted by Crippen LogP contribution is -2.00. The fourth-order valence-electron chi connectivity index (χ4n) is 2.45. The molecule has 0 atom stereocenters. The molecular weight excluding hydrogens is 258 g/mol. The van der Waals surface area contributed by atoms with Gasteiger partial charge in [-0.25, -0.2) is 0 Å². The molecular formula is C18H19N3. The zero-order valence-electron chi connectivity index (χ0n) is 12.4. The van der Waals surface area contributed by atoms with Crippen molar-refractivity contribution in [2.75, 3.05) is 5.73 Å². The summed E-state index contributed by atoms with van der Waals surface area (Å²) in [6.45, 7) is 4.90. The van der Waals surface area contributed by atoms with E-state index in [9.17, 15) is 0 Å². The molecule has 0 aliphatic carbocycles. The van der Waals surface area contributed by atoms with E-state index in [1.54, 1.807) is 0 Å². The molecule has 0 unspecified atom stereocenters. The van der Waals surface area contributed by atoms with Crippen LogP contribution < -0.4 is 5.73 Å². The molecule has 0 amide bonds. The second-order valence-corrected chi connectivity index (χ2v) is 5.43. The first kappa shape index (κ1) is 13.4. The monoisotopic (exact) mass is 277 g/mol. The second kappa shape index (κ2) is 5.44. The number of nitrogen functional groups attached to an aromatic ring is 1. The van der Waals surface area contributed by atoms with Crippen molar-refractivity contribution in [1.82, 2.24) is 9.78 Å². The number of hydrogen-bond donors (Lipinski definition) is 1. The molecule has 2 aromatic carbocycles. The van der Waals surface area contributed by atoms with Gasteiger partial charge in [0.05, 0.1) is 12.2 Å². The number of anilines is 1. The van der Waals surface area contributed by atoms with E-state index in [0.717, 1.165) is 23.5 Å². The summed E-state index contributed by atoms with van der Waals surface area (Å²) in [5.74, 6) is 0. The van der Waals surface area contributed by atoms with Gasteiger partial charge in [-0.05, 0) is 25.0 Å². The summed E-state index contributed by atoms with van der Waals surface area (Å²) in [6, 6.07) is 16.7. The van der Waals surface area contributed by atoms with Crippen LogP contribution in [0.2, 0.25) is 0 Å². The molecule has 3 rings (SSSR count). The fourth-order valence-corrected chi connectivity index (χ4v) is 2.45. The second-order valence-electron chi connectivity index (χ2n) is 5.43. The normalized spacial score (nSPS) is 10.8. The Morgan fingerprint density at radius 2 is 1.71 bits per heavy atom. The lowest BCUT2D eigenvalue weighted by molar-refractivity contribution is 0.689. The van der Waals surface area contributed by atoms with E-state index in [-0.39, 0.29) is 0 Å². The van der Waals surface area contributed by atoms with Gasteiger partial charge in [0, 0.05) is 11.8 Å². The van der Waals surface area contributed by atoms with Gasteiger partial charge in [0.2, 0.25) is 0 Å². The average Bonchev–Trinajstić information content (AvgIpc) is 2.83. The third kappa shape index (κ3) is 2.82. The molecule has 2 N–H and O–H groups in total. The molecule has 0 saturated carbocycles. The van der Waals surface area contributed by atoms with Gasteiger partial charge in [0.1, 0.15) is 5.69 Å². The van der Waals surface area contributed by atoms with Gasteiger partial charge in [-0.3, -0.25) is 4.68 Å². The summed E-state index contributed by atoms with van der Waals surface area (Å²) in [5.41, 5.74) is 12.5. The molecule has 3 nitrogen and oxygen atoms in total. The molecule has 0 spiro atoms. The van der Waals surface area contributed by atoms with Crippen molar-refractivity contribution in [1.29, 1.82) is 0 Å². The predicted molar refractivity (Wildman–Crippen MR) is 87.1 cm³/mol. The van der Waals surface area contributed by atoms with Crippen LogP contribution in [0.3, 0.4) is 0 Å². The highest BCUT2D eigenvalue weighted by molar-refractivity contribution is 5.74. The molecule has 0 bridgehead atoms.